The van der Waals surface area contributed by atoms with Crippen molar-refractivity contribution in [3.63, 3.8) is 0 Å². The van der Waals surface area contributed by atoms with Gasteiger partial charge in [-0.05, 0) is 30.7 Å². The molecule has 0 saturated heterocycles. The van der Waals surface area contributed by atoms with E-state index in [0.29, 0.717) is 18.8 Å². The third kappa shape index (κ3) is 4.84. The highest BCUT2D eigenvalue weighted by atomic mass is 16.5. The summed E-state index contributed by atoms with van der Waals surface area (Å²) in [6.07, 6.45) is 2.23. The van der Waals surface area contributed by atoms with Crippen molar-refractivity contribution in [2.45, 2.75) is 19.9 Å². The summed E-state index contributed by atoms with van der Waals surface area (Å²) >= 11 is 0. The SMILES string of the molecule is CCc1cc(=O)n(CCNC(=O)Nc2ccc(OC)cc2)cn1. The number of amides is 2. The molecule has 7 nitrogen and oxygen atoms in total. The zero-order valence-corrected chi connectivity index (χ0v) is 13.2. The summed E-state index contributed by atoms with van der Waals surface area (Å²) in [5.74, 6) is 0.721. The largest absolute Gasteiger partial charge is 0.497 e. The third-order valence-electron chi connectivity index (χ3n) is 3.28. The van der Waals surface area contributed by atoms with Gasteiger partial charge in [0.25, 0.3) is 5.56 Å². The second-order valence-corrected chi connectivity index (χ2v) is 4.87. The lowest BCUT2D eigenvalue weighted by Gasteiger charge is -2.09. The van der Waals surface area contributed by atoms with E-state index in [1.54, 1.807) is 31.4 Å². The predicted octanol–water partition coefficient (Wildman–Crippen LogP) is 1.64. The lowest BCUT2D eigenvalue weighted by atomic mass is 10.3. The van der Waals surface area contributed by atoms with E-state index in [0.717, 1.165) is 17.9 Å². The van der Waals surface area contributed by atoms with E-state index in [1.807, 2.05) is 6.92 Å². The van der Waals surface area contributed by atoms with Crippen LogP contribution in [0.25, 0.3) is 0 Å². The number of ether oxygens (including phenoxy) is 1. The highest BCUT2D eigenvalue weighted by molar-refractivity contribution is 5.89. The summed E-state index contributed by atoms with van der Waals surface area (Å²) in [6, 6.07) is 8.19. The number of aromatic nitrogens is 2. The van der Waals surface area contributed by atoms with Gasteiger partial charge in [-0.3, -0.25) is 9.36 Å². The normalized spacial score (nSPS) is 10.2. The fourth-order valence-corrected chi connectivity index (χ4v) is 1.96. The quantitative estimate of drug-likeness (QED) is 0.848. The second kappa shape index (κ2) is 7.98. The number of carbonyl (C=O) groups excluding carboxylic acids is 1. The van der Waals surface area contributed by atoms with Crippen LogP contribution < -0.4 is 20.9 Å². The van der Waals surface area contributed by atoms with Gasteiger partial charge in [0.05, 0.1) is 13.4 Å². The van der Waals surface area contributed by atoms with E-state index in [1.165, 1.54) is 17.0 Å². The minimum atomic E-state index is -0.332. The van der Waals surface area contributed by atoms with Crippen molar-refractivity contribution in [3.05, 3.63) is 52.7 Å². The van der Waals surface area contributed by atoms with Crippen molar-refractivity contribution in [2.75, 3.05) is 19.0 Å². The van der Waals surface area contributed by atoms with E-state index in [4.69, 9.17) is 4.74 Å². The van der Waals surface area contributed by atoms with Crippen molar-refractivity contribution in [1.82, 2.24) is 14.9 Å². The molecule has 1 aromatic heterocycles. The number of methoxy groups -OCH3 is 1. The molecule has 0 aliphatic rings. The standard InChI is InChI=1S/C16H20N4O3/c1-3-12-10-15(21)20(11-18-12)9-8-17-16(22)19-13-4-6-14(23-2)7-5-13/h4-7,10-11H,3,8-9H2,1-2H3,(H2,17,19,22). The molecule has 23 heavy (non-hydrogen) atoms. The first kappa shape index (κ1) is 16.5. The second-order valence-electron chi connectivity index (χ2n) is 4.87. The minimum absolute atomic E-state index is 0.116. The zero-order valence-electron chi connectivity index (χ0n) is 13.2. The Hall–Kier alpha value is -2.83. The van der Waals surface area contributed by atoms with Gasteiger partial charge in [0, 0.05) is 30.5 Å². The molecule has 0 fully saturated rings. The maximum absolute atomic E-state index is 11.8. The van der Waals surface area contributed by atoms with Gasteiger partial charge in [0.2, 0.25) is 0 Å². The number of nitrogens with one attached hydrogen (secondary N) is 2. The molecule has 2 amide bonds. The van der Waals surface area contributed by atoms with Gasteiger partial charge in [-0.25, -0.2) is 9.78 Å². The maximum atomic E-state index is 11.8. The predicted molar refractivity (Wildman–Crippen MR) is 87.9 cm³/mol. The van der Waals surface area contributed by atoms with Gasteiger partial charge in [0.15, 0.2) is 0 Å². The van der Waals surface area contributed by atoms with Crippen LogP contribution in [0.15, 0.2) is 41.5 Å². The first-order chi connectivity index (χ1) is 11.1. The fourth-order valence-electron chi connectivity index (χ4n) is 1.96. The average Bonchev–Trinajstić information content (AvgIpc) is 2.57. The van der Waals surface area contributed by atoms with Crippen LogP contribution in [0.4, 0.5) is 10.5 Å². The molecule has 0 unspecified atom stereocenters. The number of hydrogen-bond acceptors (Lipinski definition) is 4. The van der Waals surface area contributed by atoms with Crippen LogP contribution >= 0.6 is 0 Å². The summed E-state index contributed by atoms with van der Waals surface area (Å²) in [6.45, 7) is 2.64. The van der Waals surface area contributed by atoms with Crippen molar-refractivity contribution in [2.24, 2.45) is 0 Å². The number of aryl methyl sites for hydroxylation is 1. The number of carbonyl (C=O) groups is 1. The molecule has 0 aliphatic carbocycles. The molecule has 2 aromatic rings. The summed E-state index contributed by atoms with van der Waals surface area (Å²) in [7, 11) is 1.58. The highest BCUT2D eigenvalue weighted by Gasteiger charge is 2.03. The smallest absolute Gasteiger partial charge is 0.319 e. The first-order valence-corrected chi connectivity index (χ1v) is 7.36. The Kier molecular flexibility index (Phi) is 5.74. The molecule has 2 rings (SSSR count). The Bertz CT molecular complexity index is 710. The molecular weight excluding hydrogens is 296 g/mol. The van der Waals surface area contributed by atoms with E-state index in [-0.39, 0.29) is 11.6 Å². The van der Waals surface area contributed by atoms with Gasteiger partial charge in [-0.2, -0.15) is 0 Å². The van der Waals surface area contributed by atoms with Crippen molar-refractivity contribution in [1.29, 1.82) is 0 Å². The molecule has 7 heteroatoms. The number of anilines is 1. The number of benzene rings is 1. The molecule has 122 valence electrons. The first-order valence-electron chi connectivity index (χ1n) is 7.36. The van der Waals surface area contributed by atoms with Crippen molar-refractivity contribution in [3.8, 4) is 5.75 Å². The van der Waals surface area contributed by atoms with Gasteiger partial charge in [-0.15, -0.1) is 0 Å². The molecule has 0 radical (unpaired) electrons. The van der Waals surface area contributed by atoms with Gasteiger partial charge in [-0.1, -0.05) is 6.92 Å². The van der Waals surface area contributed by atoms with Crippen LogP contribution in [-0.4, -0.2) is 29.2 Å². The van der Waals surface area contributed by atoms with Gasteiger partial charge < -0.3 is 15.4 Å². The van der Waals surface area contributed by atoms with E-state index < -0.39 is 0 Å². The maximum Gasteiger partial charge on any atom is 0.319 e. The summed E-state index contributed by atoms with van der Waals surface area (Å²) in [5, 5.41) is 5.40. The van der Waals surface area contributed by atoms with Crippen LogP contribution in [0.3, 0.4) is 0 Å². The zero-order chi connectivity index (χ0) is 16.7. The summed E-state index contributed by atoms with van der Waals surface area (Å²) in [5.41, 5.74) is 1.31. The summed E-state index contributed by atoms with van der Waals surface area (Å²) < 4.78 is 6.51. The van der Waals surface area contributed by atoms with E-state index >= 15 is 0 Å². The van der Waals surface area contributed by atoms with Crippen LogP contribution in [0.5, 0.6) is 5.75 Å². The molecule has 0 saturated carbocycles. The Morgan fingerprint density at radius 1 is 1.30 bits per heavy atom. The monoisotopic (exact) mass is 316 g/mol. The number of urea groups is 1. The van der Waals surface area contributed by atoms with Crippen LogP contribution in [-0.2, 0) is 13.0 Å². The molecule has 0 atom stereocenters. The van der Waals surface area contributed by atoms with Crippen LogP contribution in [0.1, 0.15) is 12.6 Å². The Morgan fingerprint density at radius 3 is 2.65 bits per heavy atom. The average molecular weight is 316 g/mol. The minimum Gasteiger partial charge on any atom is -0.497 e. The highest BCUT2D eigenvalue weighted by Crippen LogP contribution is 2.14. The van der Waals surface area contributed by atoms with Gasteiger partial charge in [0.1, 0.15) is 5.75 Å². The van der Waals surface area contributed by atoms with E-state index in [9.17, 15) is 9.59 Å². The Labute approximate surface area is 134 Å². The van der Waals surface area contributed by atoms with Gasteiger partial charge >= 0.3 is 6.03 Å². The number of nitrogens with zero attached hydrogens (tertiary/aromatic N) is 2. The summed E-state index contributed by atoms with van der Waals surface area (Å²) in [4.78, 5) is 27.8. The Morgan fingerprint density at radius 2 is 2.04 bits per heavy atom. The molecule has 1 aromatic carbocycles. The Balaban J connectivity index is 1.81. The third-order valence-corrected chi connectivity index (χ3v) is 3.28. The molecule has 0 aliphatic heterocycles. The van der Waals surface area contributed by atoms with E-state index in [2.05, 4.69) is 15.6 Å². The van der Waals surface area contributed by atoms with Crippen LogP contribution in [0, 0.1) is 0 Å². The molecule has 0 bridgehead atoms. The number of rotatable bonds is 6. The number of hydrogen-bond donors (Lipinski definition) is 2. The lowest BCUT2D eigenvalue weighted by Crippen LogP contribution is -2.33. The molecular formula is C16H20N4O3. The van der Waals surface area contributed by atoms with Crippen LogP contribution in [0.2, 0.25) is 0 Å². The van der Waals surface area contributed by atoms with Crippen molar-refractivity contribution < 1.29 is 9.53 Å². The van der Waals surface area contributed by atoms with Crippen molar-refractivity contribution >= 4 is 11.7 Å². The molecule has 1 heterocycles. The molecule has 2 N–H and O–H groups in total. The fraction of sp³-hybridized carbons (Fsp3) is 0.312. The topological polar surface area (TPSA) is 85.2 Å². The lowest BCUT2D eigenvalue weighted by molar-refractivity contribution is 0.251. The molecule has 0 spiro atoms.